The molecule has 1 fully saturated rings. The van der Waals surface area contributed by atoms with E-state index in [1.807, 2.05) is 25.1 Å². The average molecular weight is 342 g/mol. The van der Waals surface area contributed by atoms with E-state index in [-0.39, 0.29) is 12.4 Å². The van der Waals surface area contributed by atoms with Gasteiger partial charge in [0, 0.05) is 6.42 Å². The highest BCUT2D eigenvalue weighted by Crippen LogP contribution is 2.26. The highest BCUT2D eigenvalue weighted by molar-refractivity contribution is 6.44. The maximum atomic E-state index is 12.6. The Hall–Kier alpha value is -3.03. The fourth-order valence-electron chi connectivity index (χ4n) is 2.70. The van der Waals surface area contributed by atoms with Gasteiger partial charge in [-0.2, -0.15) is 4.98 Å². The number of aromatic nitrogens is 2. The molecule has 0 N–H and O–H groups in total. The zero-order valence-corrected chi connectivity index (χ0v) is 14.0. The standard InChI is InChI=1S/C17H18N4O4/c1-3-7-13-18-14(25-19-13)10-20-15(22)16(23)21(17(20)24)11(2)12-8-5-4-6-9-12/h4-6,8-9,11H,3,7,10H2,1-2H3/t11-/m1/s1. The zero-order chi connectivity index (χ0) is 18.0. The average Bonchev–Trinajstić information content (AvgIpc) is 3.14. The smallest absolute Gasteiger partial charge is 0.335 e. The Kier molecular flexibility index (Phi) is 4.60. The third-order valence-corrected chi connectivity index (χ3v) is 4.03. The van der Waals surface area contributed by atoms with Gasteiger partial charge >= 0.3 is 17.8 Å². The molecule has 0 aliphatic carbocycles. The molecule has 8 nitrogen and oxygen atoms in total. The van der Waals surface area contributed by atoms with Gasteiger partial charge in [-0.3, -0.25) is 9.59 Å². The largest absolute Gasteiger partial charge is 0.337 e. The molecule has 0 radical (unpaired) electrons. The molecule has 0 saturated carbocycles. The summed E-state index contributed by atoms with van der Waals surface area (Å²) in [6, 6.07) is 7.83. The van der Waals surface area contributed by atoms with Gasteiger partial charge in [0.15, 0.2) is 5.82 Å². The van der Waals surface area contributed by atoms with Crippen molar-refractivity contribution in [2.24, 2.45) is 0 Å². The molecular weight excluding hydrogens is 324 g/mol. The molecular formula is C17H18N4O4. The summed E-state index contributed by atoms with van der Waals surface area (Å²) in [5, 5.41) is 3.78. The number of imide groups is 2. The molecule has 1 saturated heterocycles. The molecule has 1 aliphatic rings. The van der Waals surface area contributed by atoms with Crippen molar-refractivity contribution in [2.75, 3.05) is 0 Å². The van der Waals surface area contributed by atoms with Crippen molar-refractivity contribution in [1.82, 2.24) is 19.9 Å². The van der Waals surface area contributed by atoms with Gasteiger partial charge in [0.1, 0.15) is 6.54 Å². The van der Waals surface area contributed by atoms with Gasteiger partial charge in [-0.15, -0.1) is 0 Å². The number of carbonyl (C=O) groups is 3. The first kappa shape index (κ1) is 16.8. The van der Waals surface area contributed by atoms with Crippen molar-refractivity contribution in [2.45, 2.75) is 39.3 Å². The molecule has 3 rings (SSSR count). The van der Waals surface area contributed by atoms with Crippen LogP contribution in [0.1, 0.15) is 43.6 Å². The fraction of sp³-hybridized carbons (Fsp3) is 0.353. The van der Waals surface area contributed by atoms with E-state index in [1.165, 1.54) is 0 Å². The van der Waals surface area contributed by atoms with E-state index < -0.39 is 23.9 Å². The molecule has 8 heteroatoms. The quantitative estimate of drug-likeness (QED) is 0.589. The van der Waals surface area contributed by atoms with E-state index in [0.29, 0.717) is 12.2 Å². The lowest BCUT2D eigenvalue weighted by Gasteiger charge is -2.21. The molecule has 0 spiro atoms. The molecule has 1 aliphatic heterocycles. The number of benzene rings is 1. The van der Waals surface area contributed by atoms with E-state index in [2.05, 4.69) is 10.1 Å². The monoisotopic (exact) mass is 342 g/mol. The van der Waals surface area contributed by atoms with Crippen LogP contribution in [0.3, 0.4) is 0 Å². The fourth-order valence-corrected chi connectivity index (χ4v) is 2.70. The molecule has 2 heterocycles. The Balaban J connectivity index is 1.79. The minimum Gasteiger partial charge on any atom is -0.337 e. The lowest BCUT2D eigenvalue weighted by molar-refractivity contribution is -0.144. The summed E-state index contributed by atoms with van der Waals surface area (Å²) in [6.45, 7) is 3.47. The van der Waals surface area contributed by atoms with Crippen LogP contribution < -0.4 is 0 Å². The SMILES string of the molecule is CCCc1noc(CN2C(=O)C(=O)N([C@H](C)c3ccccc3)C2=O)n1. The lowest BCUT2D eigenvalue weighted by Crippen LogP contribution is -2.35. The molecule has 1 aromatic carbocycles. The second-order valence-corrected chi connectivity index (χ2v) is 5.79. The molecule has 130 valence electrons. The number of urea groups is 1. The Bertz CT molecular complexity index is 802. The number of nitrogens with zero attached hydrogens (tertiary/aromatic N) is 4. The maximum absolute atomic E-state index is 12.6. The van der Waals surface area contributed by atoms with Crippen molar-refractivity contribution >= 4 is 17.8 Å². The van der Waals surface area contributed by atoms with Crippen LogP contribution in [0.5, 0.6) is 0 Å². The van der Waals surface area contributed by atoms with Gasteiger partial charge in [0.2, 0.25) is 5.89 Å². The molecule has 1 atom stereocenters. The van der Waals surface area contributed by atoms with Crippen LogP contribution in [-0.2, 0) is 22.6 Å². The van der Waals surface area contributed by atoms with Crippen molar-refractivity contribution < 1.29 is 18.9 Å². The molecule has 25 heavy (non-hydrogen) atoms. The Morgan fingerprint density at radius 2 is 1.84 bits per heavy atom. The summed E-state index contributed by atoms with van der Waals surface area (Å²) in [5.74, 6) is -1.10. The van der Waals surface area contributed by atoms with Crippen LogP contribution in [0.2, 0.25) is 0 Å². The summed E-state index contributed by atoms with van der Waals surface area (Å²) >= 11 is 0. The van der Waals surface area contributed by atoms with Crippen LogP contribution in [0.4, 0.5) is 4.79 Å². The summed E-state index contributed by atoms with van der Waals surface area (Å²) in [5.41, 5.74) is 0.766. The Morgan fingerprint density at radius 3 is 2.52 bits per heavy atom. The third-order valence-electron chi connectivity index (χ3n) is 4.03. The topological polar surface area (TPSA) is 96.6 Å². The van der Waals surface area contributed by atoms with E-state index in [9.17, 15) is 14.4 Å². The van der Waals surface area contributed by atoms with E-state index in [0.717, 1.165) is 21.8 Å². The van der Waals surface area contributed by atoms with Gasteiger partial charge in [-0.25, -0.2) is 14.6 Å². The minimum absolute atomic E-state index is 0.132. The Labute approximate surface area is 144 Å². The van der Waals surface area contributed by atoms with Crippen molar-refractivity contribution in [3.63, 3.8) is 0 Å². The van der Waals surface area contributed by atoms with E-state index >= 15 is 0 Å². The summed E-state index contributed by atoms with van der Waals surface area (Å²) < 4.78 is 5.05. The molecule has 0 unspecified atom stereocenters. The number of rotatable bonds is 6. The van der Waals surface area contributed by atoms with Crippen molar-refractivity contribution in [3.8, 4) is 0 Å². The normalized spacial score (nSPS) is 16.0. The molecule has 4 amide bonds. The van der Waals surface area contributed by atoms with Gasteiger partial charge in [-0.1, -0.05) is 42.4 Å². The minimum atomic E-state index is -0.886. The lowest BCUT2D eigenvalue weighted by atomic mass is 10.1. The Morgan fingerprint density at radius 1 is 1.12 bits per heavy atom. The van der Waals surface area contributed by atoms with Crippen LogP contribution in [0, 0.1) is 0 Å². The highest BCUT2D eigenvalue weighted by atomic mass is 16.5. The summed E-state index contributed by atoms with van der Waals surface area (Å²) in [4.78, 5) is 43.0. The van der Waals surface area contributed by atoms with Crippen LogP contribution in [0.25, 0.3) is 0 Å². The predicted molar refractivity (Wildman–Crippen MR) is 85.9 cm³/mol. The molecule has 1 aromatic heterocycles. The number of carbonyl (C=O) groups excluding carboxylic acids is 3. The number of amides is 4. The summed E-state index contributed by atoms with van der Waals surface area (Å²) in [6.07, 6.45) is 1.49. The van der Waals surface area contributed by atoms with Crippen LogP contribution >= 0.6 is 0 Å². The van der Waals surface area contributed by atoms with Crippen LogP contribution in [0.15, 0.2) is 34.9 Å². The zero-order valence-electron chi connectivity index (χ0n) is 14.0. The first-order valence-corrected chi connectivity index (χ1v) is 8.08. The van der Waals surface area contributed by atoms with Crippen LogP contribution in [-0.4, -0.2) is 37.8 Å². The number of hydrogen-bond acceptors (Lipinski definition) is 6. The van der Waals surface area contributed by atoms with E-state index in [4.69, 9.17) is 4.52 Å². The van der Waals surface area contributed by atoms with Gasteiger partial charge in [-0.05, 0) is 18.9 Å². The van der Waals surface area contributed by atoms with Crippen molar-refractivity contribution in [1.29, 1.82) is 0 Å². The highest BCUT2D eigenvalue weighted by Gasteiger charge is 2.47. The van der Waals surface area contributed by atoms with Gasteiger partial charge in [0.25, 0.3) is 0 Å². The molecule has 0 bridgehead atoms. The second-order valence-electron chi connectivity index (χ2n) is 5.79. The number of hydrogen-bond donors (Lipinski definition) is 0. The first-order chi connectivity index (χ1) is 12.0. The first-order valence-electron chi connectivity index (χ1n) is 8.08. The number of aryl methyl sites for hydroxylation is 1. The van der Waals surface area contributed by atoms with Gasteiger partial charge in [0.05, 0.1) is 6.04 Å². The van der Waals surface area contributed by atoms with E-state index in [1.54, 1.807) is 19.1 Å². The third kappa shape index (κ3) is 3.15. The molecule has 2 aromatic rings. The second kappa shape index (κ2) is 6.84. The van der Waals surface area contributed by atoms with Gasteiger partial charge < -0.3 is 4.52 Å². The van der Waals surface area contributed by atoms with Crippen molar-refractivity contribution in [3.05, 3.63) is 47.6 Å². The summed E-state index contributed by atoms with van der Waals surface area (Å²) in [7, 11) is 0. The predicted octanol–water partition coefficient (Wildman–Crippen LogP) is 2.07. The maximum Gasteiger partial charge on any atom is 0.335 e.